The quantitative estimate of drug-likeness (QED) is 0.361. The van der Waals surface area contributed by atoms with Crippen LogP contribution in [0.1, 0.15) is 44.0 Å². The number of carboxylic acid groups (broad SMARTS) is 1. The Morgan fingerprint density at radius 2 is 1.94 bits per heavy atom. The van der Waals surface area contributed by atoms with Crippen LogP contribution >= 0.6 is 0 Å². The number of carbonyl (C=O) groups is 1. The van der Waals surface area contributed by atoms with Crippen LogP contribution in [0.5, 0.6) is 0 Å². The third kappa shape index (κ3) is 4.30. The zero-order valence-electron chi connectivity index (χ0n) is 19.3. The maximum Gasteiger partial charge on any atom is 0.326 e. The van der Waals surface area contributed by atoms with Gasteiger partial charge in [0.2, 0.25) is 10.0 Å². The van der Waals surface area contributed by atoms with Crippen LogP contribution in [0.4, 0.5) is 10.1 Å². The Morgan fingerprint density at radius 1 is 1.26 bits per heavy atom. The van der Waals surface area contributed by atoms with E-state index in [0.717, 1.165) is 23.4 Å². The topological polar surface area (TPSA) is 123 Å². The molecule has 1 aliphatic rings. The number of sulfonamides is 1. The Kier molecular flexibility index (Phi) is 6.65. The van der Waals surface area contributed by atoms with Gasteiger partial charge in [0.05, 0.1) is 9.82 Å². The molecule has 2 aromatic carbocycles. The lowest BCUT2D eigenvalue weighted by molar-refractivity contribution is -0.384. The Morgan fingerprint density at radius 3 is 2.51 bits per heavy atom. The van der Waals surface area contributed by atoms with Crippen LogP contribution in [0.15, 0.2) is 47.4 Å². The van der Waals surface area contributed by atoms with E-state index in [9.17, 15) is 32.8 Å². The van der Waals surface area contributed by atoms with Crippen LogP contribution in [0.2, 0.25) is 0 Å². The van der Waals surface area contributed by atoms with E-state index in [0.29, 0.717) is 36.6 Å². The molecule has 0 spiro atoms. The van der Waals surface area contributed by atoms with Crippen molar-refractivity contribution in [3.05, 3.63) is 69.7 Å². The molecule has 11 heteroatoms. The smallest absolute Gasteiger partial charge is 0.326 e. The molecule has 0 radical (unpaired) electrons. The normalized spacial score (nSPS) is 16.9. The van der Waals surface area contributed by atoms with Gasteiger partial charge in [-0.2, -0.15) is 4.31 Å². The van der Waals surface area contributed by atoms with Gasteiger partial charge in [0.1, 0.15) is 11.9 Å². The number of benzene rings is 2. The number of likely N-dealkylation sites (N-methyl/N-ethyl adjacent to an activating group) is 1. The van der Waals surface area contributed by atoms with Crippen molar-refractivity contribution in [2.75, 3.05) is 6.54 Å². The summed E-state index contributed by atoms with van der Waals surface area (Å²) in [6.07, 6.45) is 1.55. The molecule has 0 saturated heterocycles. The van der Waals surface area contributed by atoms with Gasteiger partial charge in [0.25, 0.3) is 5.69 Å². The largest absolute Gasteiger partial charge is 0.480 e. The molecule has 0 amide bonds. The molecule has 1 aromatic heterocycles. The van der Waals surface area contributed by atoms with Crippen molar-refractivity contribution >= 4 is 32.6 Å². The average molecular weight is 504 g/mol. The van der Waals surface area contributed by atoms with Crippen LogP contribution < -0.4 is 0 Å². The number of non-ortho nitro benzene ring substituents is 1. The average Bonchev–Trinajstić information content (AvgIpc) is 3.12. The Hall–Kier alpha value is -3.31. The maximum atomic E-state index is 14.2. The van der Waals surface area contributed by atoms with Gasteiger partial charge in [-0.05, 0) is 61.6 Å². The first-order chi connectivity index (χ1) is 16.6. The van der Waals surface area contributed by atoms with Gasteiger partial charge in [-0.25, -0.2) is 17.6 Å². The summed E-state index contributed by atoms with van der Waals surface area (Å²) in [6.45, 7) is 3.68. The number of rotatable bonds is 8. The predicted molar refractivity (Wildman–Crippen MR) is 127 cm³/mol. The number of aromatic nitrogens is 1. The van der Waals surface area contributed by atoms with E-state index < -0.39 is 38.8 Å². The van der Waals surface area contributed by atoms with Crippen molar-refractivity contribution in [2.45, 2.75) is 56.5 Å². The molecule has 2 atom stereocenters. The van der Waals surface area contributed by atoms with Crippen molar-refractivity contribution < 1.29 is 27.6 Å². The van der Waals surface area contributed by atoms with E-state index in [2.05, 4.69) is 0 Å². The molecule has 186 valence electrons. The van der Waals surface area contributed by atoms with E-state index in [1.54, 1.807) is 24.5 Å². The number of aliphatic carboxylic acids is 1. The Balaban J connectivity index is 1.76. The lowest BCUT2D eigenvalue weighted by Gasteiger charge is -2.33. The standard InChI is InChI=1S/C24H26FN3O6S/c1-3-21(24(29)30)27-22-11-5-15(25)13-19(22)20-14-17(8-12-23(20)27)26(4-2)35(33,34)18-9-6-16(7-10-18)28(31)32/h5-7,9-11,13,17,21H,3-4,8,12,14H2,1-2H3,(H,29,30). The van der Waals surface area contributed by atoms with E-state index >= 15 is 0 Å². The molecule has 0 aliphatic heterocycles. The van der Waals surface area contributed by atoms with Crippen LogP contribution in [0.25, 0.3) is 10.9 Å². The number of fused-ring (bicyclic) bond motifs is 3. The minimum atomic E-state index is -3.95. The molecule has 35 heavy (non-hydrogen) atoms. The first-order valence-corrected chi connectivity index (χ1v) is 12.8. The fraction of sp³-hybridized carbons (Fsp3) is 0.375. The van der Waals surface area contributed by atoms with Gasteiger partial charge >= 0.3 is 5.97 Å². The number of hydrogen-bond acceptors (Lipinski definition) is 5. The Labute approximate surface area is 202 Å². The summed E-state index contributed by atoms with van der Waals surface area (Å²) in [4.78, 5) is 22.3. The van der Waals surface area contributed by atoms with Crippen LogP contribution in [-0.4, -0.2) is 45.9 Å². The molecular formula is C24H26FN3O6S. The highest BCUT2D eigenvalue weighted by atomic mass is 32.2. The van der Waals surface area contributed by atoms with Crippen molar-refractivity contribution in [3.63, 3.8) is 0 Å². The van der Waals surface area contributed by atoms with Crippen LogP contribution in [0, 0.1) is 15.9 Å². The summed E-state index contributed by atoms with van der Waals surface area (Å²) in [7, 11) is -3.95. The summed E-state index contributed by atoms with van der Waals surface area (Å²) in [5.41, 5.74) is 1.97. The summed E-state index contributed by atoms with van der Waals surface area (Å²) in [5, 5.41) is 21.3. The molecule has 1 N–H and O–H groups in total. The molecule has 3 aromatic rings. The molecule has 2 unspecified atom stereocenters. The summed E-state index contributed by atoms with van der Waals surface area (Å²) in [5.74, 6) is -1.43. The lowest BCUT2D eigenvalue weighted by atomic mass is 9.91. The number of hydrogen-bond donors (Lipinski definition) is 1. The van der Waals surface area contributed by atoms with Gasteiger partial charge in [-0.3, -0.25) is 10.1 Å². The fourth-order valence-corrected chi connectivity index (χ4v) is 6.78. The molecule has 4 rings (SSSR count). The minimum Gasteiger partial charge on any atom is -0.480 e. The molecule has 0 saturated carbocycles. The molecule has 9 nitrogen and oxygen atoms in total. The highest BCUT2D eigenvalue weighted by molar-refractivity contribution is 7.89. The first-order valence-electron chi connectivity index (χ1n) is 11.4. The molecule has 1 heterocycles. The van der Waals surface area contributed by atoms with E-state index in [-0.39, 0.29) is 17.1 Å². The third-order valence-corrected chi connectivity index (χ3v) is 8.73. The van der Waals surface area contributed by atoms with Crippen LogP contribution in [0.3, 0.4) is 0 Å². The van der Waals surface area contributed by atoms with Gasteiger partial charge in [0, 0.05) is 41.3 Å². The highest BCUT2D eigenvalue weighted by Gasteiger charge is 2.36. The van der Waals surface area contributed by atoms with E-state index in [1.165, 1.54) is 28.6 Å². The molecule has 1 aliphatic carbocycles. The third-order valence-electron chi connectivity index (χ3n) is 6.69. The maximum absolute atomic E-state index is 14.2. The summed E-state index contributed by atoms with van der Waals surface area (Å²) >= 11 is 0. The SMILES string of the molecule is CCC(C(=O)O)n1c2c(c3cc(F)ccc31)CC(N(CC)S(=O)(=O)c1ccc([N+](=O)[O-])cc1)CC2. The monoisotopic (exact) mass is 503 g/mol. The predicted octanol–water partition coefficient (Wildman–Crippen LogP) is 4.29. The van der Waals surface area contributed by atoms with Crippen molar-refractivity contribution in [3.8, 4) is 0 Å². The van der Waals surface area contributed by atoms with Gasteiger partial charge in [-0.15, -0.1) is 0 Å². The fourth-order valence-electron chi connectivity index (χ4n) is 5.12. The number of halogens is 1. The first kappa shape index (κ1) is 24.8. The zero-order valence-corrected chi connectivity index (χ0v) is 20.2. The lowest BCUT2D eigenvalue weighted by Crippen LogP contribution is -2.43. The molecule has 0 fully saturated rings. The minimum absolute atomic E-state index is 0.0406. The van der Waals surface area contributed by atoms with Crippen molar-refractivity contribution in [1.29, 1.82) is 0 Å². The van der Waals surface area contributed by atoms with E-state index in [1.807, 2.05) is 0 Å². The summed E-state index contributed by atoms with van der Waals surface area (Å²) in [6, 6.07) is 7.79. The molecular weight excluding hydrogens is 477 g/mol. The second-order valence-electron chi connectivity index (χ2n) is 8.58. The zero-order chi connectivity index (χ0) is 25.5. The number of nitro benzene ring substituents is 1. The molecule has 0 bridgehead atoms. The van der Waals surface area contributed by atoms with E-state index in [4.69, 9.17) is 0 Å². The van der Waals surface area contributed by atoms with Crippen molar-refractivity contribution in [1.82, 2.24) is 8.87 Å². The van der Waals surface area contributed by atoms with Gasteiger partial charge in [-0.1, -0.05) is 13.8 Å². The number of nitrogens with zero attached hydrogens (tertiary/aromatic N) is 3. The van der Waals surface area contributed by atoms with Gasteiger partial charge in [0.15, 0.2) is 0 Å². The van der Waals surface area contributed by atoms with Crippen LogP contribution in [-0.2, 0) is 27.7 Å². The number of nitro groups is 1. The summed E-state index contributed by atoms with van der Waals surface area (Å²) < 4.78 is 44.2. The Bertz CT molecular complexity index is 1400. The second-order valence-corrected chi connectivity index (χ2v) is 10.5. The van der Waals surface area contributed by atoms with Crippen molar-refractivity contribution in [2.24, 2.45) is 0 Å². The highest BCUT2D eigenvalue weighted by Crippen LogP contribution is 2.38. The second kappa shape index (κ2) is 9.38. The number of carboxylic acids is 1. The van der Waals surface area contributed by atoms with Gasteiger partial charge < -0.3 is 9.67 Å².